The van der Waals surface area contributed by atoms with Crippen molar-refractivity contribution in [2.75, 3.05) is 11.9 Å². The highest BCUT2D eigenvalue weighted by Gasteiger charge is 2.19. The minimum absolute atomic E-state index is 0.148. The molecule has 7 nitrogen and oxygen atoms in total. The Morgan fingerprint density at radius 3 is 2.86 bits per heavy atom. The van der Waals surface area contributed by atoms with Crippen molar-refractivity contribution in [2.24, 2.45) is 0 Å². The van der Waals surface area contributed by atoms with Gasteiger partial charge in [0, 0.05) is 17.3 Å². The highest BCUT2D eigenvalue weighted by molar-refractivity contribution is 6.05. The highest BCUT2D eigenvalue weighted by Crippen LogP contribution is 2.29. The standard InChI is InChI=1S/C28H29N3O4/c1-2-3-14-34-26(32)18-31-27(20-8-4-5-9-20)30-17-23(28(31)33)29-16-19-12-13-25-22(15-19)21-10-6-7-11-24(21)35-25/h6-8,10-13,15,17,29H,2-5,9,14,16,18H2,1H3. The average Bonchev–Trinajstić information content (AvgIpc) is 3.53. The van der Waals surface area contributed by atoms with Crippen LogP contribution in [0.2, 0.25) is 0 Å². The van der Waals surface area contributed by atoms with Gasteiger partial charge in [-0.05, 0) is 55.0 Å². The summed E-state index contributed by atoms with van der Waals surface area (Å²) in [4.78, 5) is 30.4. The van der Waals surface area contributed by atoms with Gasteiger partial charge >= 0.3 is 5.97 Å². The molecule has 2 aromatic heterocycles. The number of nitrogens with zero attached hydrogens (tertiary/aromatic N) is 2. The van der Waals surface area contributed by atoms with Crippen LogP contribution in [0.4, 0.5) is 5.69 Å². The van der Waals surface area contributed by atoms with Crippen molar-refractivity contribution < 1.29 is 13.9 Å². The van der Waals surface area contributed by atoms with Crippen molar-refractivity contribution >= 4 is 39.2 Å². The SMILES string of the molecule is CCCCOC(=O)Cn1c(C2=CCCC2)ncc(NCc2ccc3oc4ccccc4c3c2)c1=O. The Balaban J connectivity index is 1.40. The lowest BCUT2D eigenvalue weighted by Crippen LogP contribution is -2.31. The van der Waals surface area contributed by atoms with Gasteiger partial charge in [0.05, 0.1) is 12.8 Å². The topological polar surface area (TPSA) is 86.4 Å². The molecular weight excluding hydrogens is 442 g/mol. The first-order chi connectivity index (χ1) is 17.1. The van der Waals surface area contributed by atoms with E-state index in [2.05, 4.69) is 22.4 Å². The number of hydrogen-bond acceptors (Lipinski definition) is 6. The van der Waals surface area contributed by atoms with E-state index in [-0.39, 0.29) is 12.1 Å². The Bertz CT molecular complexity index is 1460. The van der Waals surface area contributed by atoms with Crippen LogP contribution in [-0.4, -0.2) is 22.1 Å². The third-order valence-corrected chi connectivity index (χ3v) is 6.35. The molecule has 0 unspecified atom stereocenters. The molecule has 2 heterocycles. The molecule has 0 radical (unpaired) electrons. The van der Waals surface area contributed by atoms with Gasteiger partial charge in [0.25, 0.3) is 5.56 Å². The van der Waals surface area contributed by atoms with Crippen molar-refractivity contribution in [3.05, 3.63) is 76.5 Å². The van der Waals surface area contributed by atoms with Gasteiger partial charge in [0.2, 0.25) is 0 Å². The van der Waals surface area contributed by atoms with E-state index in [9.17, 15) is 9.59 Å². The molecular formula is C28H29N3O4. The molecule has 0 aliphatic heterocycles. The third-order valence-electron chi connectivity index (χ3n) is 6.35. The van der Waals surface area contributed by atoms with E-state index in [0.29, 0.717) is 24.7 Å². The maximum absolute atomic E-state index is 13.4. The molecule has 0 saturated carbocycles. The fourth-order valence-electron chi connectivity index (χ4n) is 4.48. The molecule has 1 aliphatic rings. The predicted octanol–water partition coefficient (Wildman–Crippen LogP) is 5.67. The van der Waals surface area contributed by atoms with E-state index in [1.54, 1.807) is 6.20 Å². The number of rotatable bonds is 9. The lowest BCUT2D eigenvalue weighted by Gasteiger charge is -2.15. The fourth-order valence-corrected chi connectivity index (χ4v) is 4.48. The monoisotopic (exact) mass is 471 g/mol. The Morgan fingerprint density at radius 2 is 2.03 bits per heavy atom. The highest BCUT2D eigenvalue weighted by atomic mass is 16.5. The second-order valence-electron chi connectivity index (χ2n) is 8.86. The van der Waals surface area contributed by atoms with E-state index in [4.69, 9.17) is 9.15 Å². The molecule has 0 saturated heterocycles. The summed E-state index contributed by atoms with van der Waals surface area (Å²) in [6.45, 7) is 2.69. The fraction of sp³-hybridized carbons (Fsp3) is 0.321. The number of hydrogen-bond donors (Lipinski definition) is 1. The van der Waals surface area contributed by atoms with Crippen LogP contribution in [0, 0.1) is 0 Å². The lowest BCUT2D eigenvalue weighted by molar-refractivity contribution is -0.144. The maximum atomic E-state index is 13.4. The molecule has 0 spiro atoms. The van der Waals surface area contributed by atoms with Crippen LogP contribution in [0.1, 0.15) is 50.4 Å². The van der Waals surface area contributed by atoms with Gasteiger partial charge in [0.15, 0.2) is 0 Å². The Hall–Kier alpha value is -3.87. The minimum Gasteiger partial charge on any atom is -0.464 e. The number of anilines is 1. The van der Waals surface area contributed by atoms with Gasteiger partial charge in [-0.2, -0.15) is 0 Å². The zero-order valence-electron chi connectivity index (χ0n) is 19.9. The van der Waals surface area contributed by atoms with E-state index < -0.39 is 5.97 Å². The second-order valence-corrected chi connectivity index (χ2v) is 8.86. The predicted molar refractivity (Wildman–Crippen MR) is 137 cm³/mol. The molecule has 0 bridgehead atoms. The average molecular weight is 472 g/mol. The number of benzene rings is 2. The molecule has 2 aromatic carbocycles. The number of furan rings is 1. The quantitative estimate of drug-likeness (QED) is 0.250. The van der Waals surface area contributed by atoms with Gasteiger partial charge in [0.1, 0.15) is 29.2 Å². The zero-order valence-corrected chi connectivity index (χ0v) is 19.9. The number of nitrogens with one attached hydrogen (secondary N) is 1. The van der Waals surface area contributed by atoms with Crippen LogP contribution in [0.3, 0.4) is 0 Å². The van der Waals surface area contributed by atoms with Gasteiger partial charge < -0.3 is 14.5 Å². The number of carbonyl (C=O) groups excluding carboxylic acids is 1. The summed E-state index contributed by atoms with van der Waals surface area (Å²) in [5.41, 5.74) is 3.77. The number of allylic oxidation sites excluding steroid dienone is 2. The molecule has 0 amide bonds. The summed E-state index contributed by atoms with van der Waals surface area (Å²) < 4.78 is 12.7. The number of ether oxygens (including phenoxy) is 1. The van der Waals surface area contributed by atoms with Crippen molar-refractivity contribution in [1.82, 2.24) is 9.55 Å². The summed E-state index contributed by atoms with van der Waals surface area (Å²) in [7, 11) is 0. The van der Waals surface area contributed by atoms with Crippen molar-refractivity contribution in [3.8, 4) is 0 Å². The molecule has 1 aliphatic carbocycles. The van der Waals surface area contributed by atoms with Crippen LogP contribution >= 0.6 is 0 Å². The Morgan fingerprint density at radius 1 is 1.17 bits per heavy atom. The molecule has 35 heavy (non-hydrogen) atoms. The normalized spacial score (nSPS) is 13.3. The van der Waals surface area contributed by atoms with E-state index in [1.807, 2.05) is 43.3 Å². The summed E-state index contributed by atoms with van der Waals surface area (Å²) >= 11 is 0. The van der Waals surface area contributed by atoms with E-state index in [0.717, 1.165) is 65.2 Å². The molecule has 1 N–H and O–H groups in total. The van der Waals surface area contributed by atoms with Crippen molar-refractivity contribution in [1.29, 1.82) is 0 Å². The summed E-state index contributed by atoms with van der Waals surface area (Å²) in [5.74, 6) is 0.133. The van der Waals surface area contributed by atoms with Crippen LogP contribution < -0.4 is 10.9 Å². The molecule has 4 aromatic rings. The lowest BCUT2D eigenvalue weighted by atomic mass is 10.1. The number of unbranched alkanes of at least 4 members (excludes halogenated alkanes) is 1. The number of carbonyl (C=O) groups is 1. The Kier molecular flexibility index (Phi) is 6.66. The molecule has 5 rings (SSSR count). The number of fused-ring (bicyclic) bond motifs is 3. The number of para-hydroxylation sites is 1. The van der Waals surface area contributed by atoms with Gasteiger partial charge in [-0.3, -0.25) is 14.2 Å². The first-order valence-corrected chi connectivity index (χ1v) is 12.2. The van der Waals surface area contributed by atoms with Crippen LogP contribution in [0.15, 0.2) is 63.9 Å². The molecule has 0 atom stereocenters. The molecule has 180 valence electrons. The van der Waals surface area contributed by atoms with Gasteiger partial charge in [-0.1, -0.05) is 43.7 Å². The summed E-state index contributed by atoms with van der Waals surface area (Å²) in [5, 5.41) is 5.32. The minimum atomic E-state index is -0.420. The largest absolute Gasteiger partial charge is 0.464 e. The first kappa shape index (κ1) is 22.9. The van der Waals surface area contributed by atoms with Crippen molar-refractivity contribution in [2.45, 2.75) is 52.1 Å². The van der Waals surface area contributed by atoms with E-state index in [1.165, 1.54) is 4.57 Å². The second kappa shape index (κ2) is 10.2. The summed E-state index contributed by atoms with van der Waals surface area (Å²) in [6, 6.07) is 13.9. The Labute approximate surface area is 203 Å². The number of esters is 1. The smallest absolute Gasteiger partial charge is 0.326 e. The zero-order chi connectivity index (χ0) is 24.2. The first-order valence-electron chi connectivity index (χ1n) is 12.2. The van der Waals surface area contributed by atoms with Gasteiger partial charge in [-0.15, -0.1) is 0 Å². The maximum Gasteiger partial charge on any atom is 0.326 e. The van der Waals surface area contributed by atoms with E-state index >= 15 is 0 Å². The van der Waals surface area contributed by atoms with Crippen LogP contribution in [-0.2, 0) is 22.6 Å². The van der Waals surface area contributed by atoms with Crippen LogP contribution in [0.5, 0.6) is 0 Å². The molecule has 0 fully saturated rings. The third kappa shape index (κ3) is 4.85. The van der Waals surface area contributed by atoms with Gasteiger partial charge in [-0.25, -0.2) is 4.98 Å². The number of aromatic nitrogens is 2. The van der Waals surface area contributed by atoms with Crippen LogP contribution in [0.25, 0.3) is 27.5 Å². The summed E-state index contributed by atoms with van der Waals surface area (Å²) in [6.07, 6.45) is 8.23. The van der Waals surface area contributed by atoms with Crippen molar-refractivity contribution in [3.63, 3.8) is 0 Å². The molecule has 7 heteroatoms.